The smallest absolute Gasteiger partial charge is 0.119 e. The predicted molar refractivity (Wildman–Crippen MR) is 55.4 cm³/mol. The molecule has 1 heterocycles. The van der Waals surface area contributed by atoms with Gasteiger partial charge in [-0.2, -0.15) is 0 Å². The van der Waals surface area contributed by atoms with Crippen LogP contribution in [0.4, 0.5) is 0 Å². The number of aryl methyl sites for hydroxylation is 1. The van der Waals surface area contributed by atoms with Gasteiger partial charge in [-0.3, -0.25) is 0 Å². The third-order valence-corrected chi connectivity index (χ3v) is 2.13. The Morgan fingerprint density at radius 3 is 2.64 bits per heavy atom. The van der Waals surface area contributed by atoms with E-state index in [1.54, 1.807) is 13.4 Å². The van der Waals surface area contributed by atoms with E-state index in [9.17, 15) is 0 Å². The van der Waals surface area contributed by atoms with Crippen LogP contribution in [0, 0.1) is 6.92 Å². The van der Waals surface area contributed by atoms with Crippen molar-refractivity contribution in [2.45, 2.75) is 6.92 Å². The minimum absolute atomic E-state index is 0.862. The SMILES string of the molecule is COc1cccc(-c2coc(C)c2)c1. The zero-order chi connectivity index (χ0) is 9.97. The fourth-order valence-corrected chi connectivity index (χ4v) is 1.40. The van der Waals surface area contributed by atoms with Gasteiger partial charge in [-0.05, 0) is 30.7 Å². The van der Waals surface area contributed by atoms with Crippen molar-refractivity contribution in [3.8, 4) is 16.9 Å². The van der Waals surface area contributed by atoms with E-state index in [0.717, 1.165) is 22.6 Å². The highest BCUT2D eigenvalue weighted by atomic mass is 16.5. The maximum Gasteiger partial charge on any atom is 0.119 e. The van der Waals surface area contributed by atoms with Crippen LogP contribution in [-0.2, 0) is 0 Å². The molecule has 0 N–H and O–H groups in total. The molecule has 1 aromatic heterocycles. The van der Waals surface area contributed by atoms with Gasteiger partial charge in [-0.15, -0.1) is 0 Å². The fourth-order valence-electron chi connectivity index (χ4n) is 1.40. The molecule has 14 heavy (non-hydrogen) atoms. The Labute approximate surface area is 83.1 Å². The van der Waals surface area contributed by atoms with Crippen molar-refractivity contribution >= 4 is 0 Å². The highest BCUT2D eigenvalue weighted by molar-refractivity contribution is 5.64. The van der Waals surface area contributed by atoms with E-state index < -0.39 is 0 Å². The second-order valence-corrected chi connectivity index (χ2v) is 3.18. The van der Waals surface area contributed by atoms with Crippen molar-refractivity contribution < 1.29 is 9.15 Å². The molecule has 0 spiro atoms. The second-order valence-electron chi connectivity index (χ2n) is 3.18. The number of hydrogen-bond donors (Lipinski definition) is 0. The number of methoxy groups -OCH3 is 1. The largest absolute Gasteiger partial charge is 0.497 e. The molecular weight excluding hydrogens is 176 g/mol. The molecule has 0 aliphatic rings. The minimum atomic E-state index is 0.862. The van der Waals surface area contributed by atoms with Crippen LogP contribution in [0.5, 0.6) is 5.75 Å². The summed E-state index contributed by atoms with van der Waals surface area (Å²) in [6.07, 6.45) is 1.75. The predicted octanol–water partition coefficient (Wildman–Crippen LogP) is 3.26. The molecule has 0 atom stereocenters. The van der Waals surface area contributed by atoms with Gasteiger partial charge in [0.1, 0.15) is 11.5 Å². The van der Waals surface area contributed by atoms with Crippen LogP contribution in [-0.4, -0.2) is 7.11 Å². The van der Waals surface area contributed by atoms with Gasteiger partial charge in [-0.1, -0.05) is 12.1 Å². The van der Waals surface area contributed by atoms with Gasteiger partial charge in [0, 0.05) is 5.56 Å². The number of ether oxygens (including phenoxy) is 1. The van der Waals surface area contributed by atoms with E-state index in [-0.39, 0.29) is 0 Å². The van der Waals surface area contributed by atoms with E-state index in [2.05, 4.69) is 0 Å². The first kappa shape index (κ1) is 8.88. The Morgan fingerprint density at radius 2 is 2.00 bits per heavy atom. The fraction of sp³-hybridized carbons (Fsp3) is 0.167. The number of benzene rings is 1. The molecule has 0 saturated heterocycles. The minimum Gasteiger partial charge on any atom is -0.497 e. The van der Waals surface area contributed by atoms with Crippen molar-refractivity contribution in [2.75, 3.05) is 7.11 Å². The molecule has 0 bridgehead atoms. The van der Waals surface area contributed by atoms with Crippen LogP contribution in [0.15, 0.2) is 41.0 Å². The maximum atomic E-state index is 5.25. The summed E-state index contributed by atoms with van der Waals surface area (Å²) in [5.74, 6) is 1.78. The van der Waals surface area contributed by atoms with E-state index in [4.69, 9.17) is 9.15 Å². The van der Waals surface area contributed by atoms with E-state index in [0.29, 0.717) is 0 Å². The van der Waals surface area contributed by atoms with Crippen molar-refractivity contribution in [3.05, 3.63) is 42.4 Å². The summed E-state index contributed by atoms with van der Waals surface area (Å²) >= 11 is 0. The van der Waals surface area contributed by atoms with Crippen LogP contribution in [0.25, 0.3) is 11.1 Å². The molecule has 0 saturated carbocycles. The summed E-state index contributed by atoms with van der Waals surface area (Å²) in [6.45, 7) is 1.93. The average molecular weight is 188 g/mol. The third kappa shape index (κ3) is 1.64. The molecular formula is C12H12O2. The average Bonchev–Trinajstić information content (AvgIpc) is 2.65. The van der Waals surface area contributed by atoms with Gasteiger partial charge in [0.2, 0.25) is 0 Å². The molecule has 0 aliphatic carbocycles. The first-order valence-corrected chi connectivity index (χ1v) is 4.49. The van der Waals surface area contributed by atoms with Crippen LogP contribution in [0.1, 0.15) is 5.76 Å². The molecule has 0 amide bonds. The van der Waals surface area contributed by atoms with E-state index in [1.165, 1.54) is 0 Å². The zero-order valence-corrected chi connectivity index (χ0v) is 8.28. The molecule has 2 rings (SSSR count). The van der Waals surface area contributed by atoms with Gasteiger partial charge in [0.05, 0.1) is 13.4 Å². The molecule has 0 aliphatic heterocycles. The standard InChI is InChI=1S/C12H12O2/c1-9-6-11(8-14-9)10-4-3-5-12(7-10)13-2/h3-8H,1-2H3. The summed E-state index contributed by atoms with van der Waals surface area (Å²) in [7, 11) is 1.67. The lowest BCUT2D eigenvalue weighted by Gasteiger charge is -2.01. The first-order chi connectivity index (χ1) is 6.79. The number of rotatable bonds is 2. The normalized spacial score (nSPS) is 10.1. The molecule has 72 valence electrons. The second kappa shape index (κ2) is 3.58. The lowest BCUT2D eigenvalue weighted by molar-refractivity contribution is 0.415. The Kier molecular flexibility index (Phi) is 2.27. The van der Waals surface area contributed by atoms with Gasteiger partial charge in [0.25, 0.3) is 0 Å². The summed E-state index contributed by atoms with van der Waals surface area (Å²) in [6, 6.07) is 9.93. The highest BCUT2D eigenvalue weighted by Gasteiger charge is 2.01. The third-order valence-electron chi connectivity index (χ3n) is 2.13. The molecule has 2 aromatic rings. The summed E-state index contributed by atoms with van der Waals surface area (Å²) in [5.41, 5.74) is 2.20. The maximum absolute atomic E-state index is 5.25. The molecule has 2 heteroatoms. The lowest BCUT2D eigenvalue weighted by Crippen LogP contribution is -1.82. The topological polar surface area (TPSA) is 22.4 Å². The van der Waals surface area contributed by atoms with Crippen LogP contribution in [0.2, 0.25) is 0 Å². The van der Waals surface area contributed by atoms with E-state index in [1.807, 2.05) is 37.3 Å². The molecule has 0 radical (unpaired) electrons. The summed E-state index contributed by atoms with van der Waals surface area (Å²) in [5, 5.41) is 0. The highest BCUT2D eigenvalue weighted by Crippen LogP contribution is 2.25. The van der Waals surface area contributed by atoms with E-state index >= 15 is 0 Å². The Morgan fingerprint density at radius 1 is 1.14 bits per heavy atom. The molecule has 2 nitrogen and oxygen atoms in total. The monoisotopic (exact) mass is 188 g/mol. The van der Waals surface area contributed by atoms with Gasteiger partial charge < -0.3 is 9.15 Å². The van der Waals surface area contributed by atoms with Gasteiger partial charge in [-0.25, -0.2) is 0 Å². The van der Waals surface area contributed by atoms with Crippen LogP contribution < -0.4 is 4.74 Å². The summed E-state index contributed by atoms with van der Waals surface area (Å²) in [4.78, 5) is 0. The Bertz CT molecular complexity index is 429. The first-order valence-electron chi connectivity index (χ1n) is 4.49. The van der Waals surface area contributed by atoms with Gasteiger partial charge >= 0.3 is 0 Å². The Balaban J connectivity index is 2.41. The number of hydrogen-bond acceptors (Lipinski definition) is 2. The van der Waals surface area contributed by atoms with Gasteiger partial charge in [0.15, 0.2) is 0 Å². The van der Waals surface area contributed by atoms with Crippen molar-refractivity contribution in [1.82, 2.24) is 0 Å². The Hall–Kier alpha value is -1.70. The zero-order valence-electron chi connectivity index (χ0n) is 8.28. The quantitative estimate of drug-likeness (QED) is 0.721. The lowest BCUT2D eigenvalue weighted by atomic mass is 10.1. The number of furan rings is 1. The van der Waals surface area contributed by atoms with Crippen molar-refractivity contribution in [2.24, 2.45) is 0 Å². The molecule has 1 aromatic carbocycles. The summed E-state index contributed by atoms with van der Waals surface area (Å²) < 4.78 is 10.4. The molecule has 0 unspecified atom stereocenters. The van der Waals surface area contributed by atoms with Crippen LogP contribution >= 0.6 is 0 Å². The molecule has 0 fully saturated rings. The van der Waals surface area contributed by atoms with Crippen LogP contribution in [0.3, 0.4) is 0 Å². The van der Waals surface area contributed by atoms with Crippen molar-refractivity contribution in [1.29, 1.82) is 0 Å². The van der Waals surface area contributed by atoms with Crippen molar-refractivity contribution in [3.63, 3.8) is 0 Å².